The standard InChI is InChI=1S/C16H9BrFNO2/c17-12-7-3-2-6-11(12)15-19-14(16(20)21-15)9-10-5-1-4-8-13(10)18/h1-9H/b14-9+. The van der Waals surface area contributed by atoms with Crippen molar-refractivity contribution in [2.45, 2.75) is 0 Å². The first-order valence-electron chi connectivity index (χ1n) is 6.17. The number of carbonyl (C=O) groups is 1. The summed E-state index contributed by atoms with van der Waals surface area (Å²) in [6.45, 7) is 0. The van der Waals surface area contributed by atoms with Gasteiger partial charge in [-0.3, -0.25) is 0 Å². The van der Waals surface area contributed by atoms with Crippen LogP contribution < -0.4 is 0 Å². The largest absolute Gasteiger partial charge is 0.402 e. The Kier molecular flexibility index (Phi) is 3.66. The molecule has 21 heavy (non-hydrogen) atoms. The number of carbonyl (C=O) groups excluding carboxylic acids is 1. The molecular weight excluding hydrogens is 337 g/mol. The zero-order valence-electron chi connectivity index (χ0n) is 10.7. The zero-order chi connectivity index (χ0) is 14.8. The van der Waals surface area contributed by atoms with Gasteiger partial charge in [-0.1, -0.05) is 30.3 Å². The fraction of sp³-hybridized carbons (Fsp3) is 0. The minimum atomic E-state index is -0.594. The van der Waals surface area contributed by atoms with Crippen molar-refractivity contribution in [2.24, 2.45) is 4.99 Å². The number of hydrogen-bond donors (Lipinski definition) is 0. The molecule has 0 spiro atoms. The number of esters is 1. The molecule has 0 saturated heterocycles. The third kappa shape index (κ3) is 2.78. The van der Waals surface area contributed by atoms with E-state index in [0.29, 0.717) is 11.1 Å². The SMILES string of the molecule is O=C1OC(c2ccccc2Br)=N/C1=C/c1ccccc1F. The Hall–Kier alpha value is -2.27. The predicted octanol–water partition coefficient (Wildman–Crippen LogP) is 3.93. The number of rotatable bonds is 2. The fourth-order valence-corrected chi connectivity index (χ4v) is 2.35. The second-order valence-corrected chi connectivity index (χ2v) is 5.19. The minimum Gasteiger partial charge on any atom is -0.402 e. The molecule has 0 radical (unpaired) electrons. The van der Waals surface area contributed by atoms with Crippen molar-refractivity contribution in [1.29, 1.82) is 0 Å². The van der Waals surface area contributed by atoms with Crippen LogP contribution in [-0.4, -0.2) is 11.9 Å². The number of aliphatic imine (C=N–C) groups is 1. The van der Waals surface area contributed by atoms with Gasteiger partial charge in [-0.15, -0.1) is 0 Å². The summed E-state index contributed by atoms with van der Waals surface area (Å²) in [6, 6.07) is 13.4. The second-order valence-electron chi connectivity index (χ2n) is 4.34. The molecule has 0 saturated carbocycles. The molecule has 1 heterocycles. The highest BCUT2D eigenvalue weighted by Gasteiger charge is 2.25. The van der Waals surface area contributed by atoms with E-state index in [-0.39, 0.29) is 11.6 Å². The van der Waals surface area contributed by atoms with E-state index in [2.05, 4.69) is 20.9 Å². The number of benzene rings is 2. The van der Waals surface area contributed by atoms with Gasteiger partial charge in [0.1, 0.15) is 5.82 Å². The highest BCUT2D eigenvalue weighted by Crippen LogP contribution is 2.24. The highest BCUT2D eigenvalue weighted by atomic mass is 79.9. The van der Waals surface area contributed by atoms with E-state index in [9.17, 15) is 9.18 Å². The lowest BCUT2D eigenvalue weighted by Gasteiger charge is -2.01. The summed E-state index contributed by atoms with van der Waals surface area (Å²) in [7, 11) is 0. The van der Waals surface area contributed by atoms with Crippen LogP contribution in [0.1, 0.15) is 11.1 Å². The average molecular weight is 346 g/mol. The van der Waals surface area contributed by atoms with Crippen LogP contribution in [0, 0.1) is 5.82 Å². The molecule has 2 aromatic rings. The number of halogens is 2. The van der Waals surface area contributed by atoms with Gasteiger partial charge in [-0.2, -0.15) is 0 Å². The van der Waals surface area contributed by atoms with Gasteiger partial charge in [0.25, 0.3) is 0 Å². The Bertz CT molecular complexity index is 783. The average Bonchev–Trinajstić information content (AvgIpc) is 2.83. The molecule has 0 unspecified atom stereocenters. The summed E-state index contributed by atoms with van der Waals surface area (Å²) in [5.74, 6) is -0.804. The number of cyclic esters (lactones) is 1. The van der Waals surface area contributed by atoms with Crippen molar-refractivity contribution in [3.8, 4) is 0 Å². The van der Waals surface area contributed by atoms with Crippen molar-refractivity contribution < 1.29 is 13.9 Å². The van der Waals surface area contributed by atoms with Crippen LogP contribution in [0.25, 0.3) is 6.08 Å². The van der Waals surface area contributed by atoms with Gasteiger partial charge < -0.3 is 4.74 Å². The Balaban J connectivity index is 2.00. The van der Waals surface area contributed by atoms with Crippen LogP contribution in [0.15, 0.2) is 63.7 Å². The van der Waals surface area contributed by atoms with Crippen LogP contribution in [-0.2, 0) is 9.53 Å². The van der Waals surface area contributed by atoms with Gasteiger partial charge in [-0.05, 0) is 40.2 Å². The molecule has 0 aliphatic carbocycles. The van der Waals surface area contributed by atoms with E-state index >= 15 is 0 Å². The third-order valence-corrected chi connectivity index (χ3v) is 3.61. The monoisotopic (exact) mass is 345 g/mol. The number of ether oxygens (including phenoxy) is 1. The molecule has 3 nitrogen and oxygen atoms in total. The van der Waals surface area contributed by atoms with Gasteiger partial charge in [0.15, 0.2) is 5.70 Å². The van der Waals surface area contributed by atoms with Crippen LogP contribution in [0.2, 0.25) is 0 Å². The van der Waals surface area contributed by atoms with Crippen molar-refractivity contribution in [1.82, 2.24) is 0 Å². The summed E-state index contributed by atoms with van der Waals surface area (Å²) < 4.78 is 19.5. The molecule has 2 aromatic carbocycles. The fourth-order valence-electron chi connectivity index (χ4n) is 1.90. The maximum absolute atomic E-state index is 13.6. The molecule has 0 aromatic heterocycles. The van der Waals surface area contributed by atoms with E-state index in [1.807, 2.05) is 18.2 Å². The summed E-state index contributed by atoms with van der Waals surface area (Å²) >= 11 is 3.37. The molecule has 5 heteroatoms. The normalized spacial score (nSPS) is 16.0. The van der Waals surface area contributed by atoms with Crippen LogP contribution >= 0.6 is 15.9 Å². The van der Waals surface area contributed by atoms with E-state index in [4.69, 9.17) is 4.74 Å². The first-order valence-corrected chi connectivity index (χ1v) is 6.96. The van der Waals surface area contributed by atoms with Crippen LogP contribution in [0.5, 0.6) is 0 Å². The van der Waals surface area contributed by atoms with Crippen molar-refractivity contribution in [3.63, 3.8) is 0 Å². The van der Waals surface area contributed by atoms with E-state index < -0.39 is 11.8 Å². The lowest BCUT2D eigenvalue weighted by atomic mass is 10.2. The van der Waals surface area contributed by atoms with Crippen LogP contribution in [0.4, 0.5) is 4.39 Å². The molecule has 0 fully saturated rings. The third-order valence-electron chi connectivity index (χ3n) is 2.92. The number of nitrogens with zero attached hydrogens (tertiary/aromatic N) is 1. The maximum Gasteiger partial charge on any atom is 0.363 e. The molecule has 104 valence electrons. The van der Waals surface area contributed by atoms with Gasteiger partial charge in [-0.25, -0.2) is 14.2 Å². The van der Waals surface area contributed by atoms with E-state index in [0.717, 1.165) is 4.47 Å². The molecule has 0 N–H and O–H groups in total. The quantitative estimate of drug-likeness (QED) is 0.610. The molecule has 3 rings (SSSR count). The first-order chi connectivity index (χ1) is 10.1. The van der Waals surface area contributed by atoms with Crippen molar-refractivity contribution in [3.05, 3.63) is 75.6 Å². The summed E-state index contributed by atoms with van der Waals surface area (Å²) in [6.07, 6.45) is 1.38. The Morgan fingerprint density at radius 3 is 2.57 bits per heavy atom. The molecule has 0 atom stereocenters. The van der Waals surface area contributed by atoms with E-state index in [1.165, 1.54) is 12.1 Å². The lowest BCUT2D eigenvalue weighted by molar-refractivity contribution is -0.129. The van der Waals surface area contributed by atoms with Crippen molar-refractivity contribution >= 4 is 33.9 Å². The molecular formula is C16H9BrFNO2. The second kappa shape index (κ2) is 5.61. The Morgan fingerprint density at radius 2 is 1.81 bits per heavy atom. The van der Waals surface area contributed by atoms with Gasteiger partial charge in [0.05, 0.1) is 5.56 Å². The predicted molar refractivity (Wildman–Crippen MR) is 81.1 cm³/mol. The highest BCUT2D eigenvalue weighted by molar-refractivity contribution is 9.10. The molecule has 0 amide bonds. The summed E-state index contributed by atoms with van der Waals surface area (Å²) in [5.41, 5.74) is 1.04. The first kappa shape index (κ1) is 13.7. The van der Waals surface area contributed by atoms with Gasteiger partial charge in [0.2, 0.25) is 5.90 Å². The van der Waals surface area contributed by atoms with Gasteiger partial charge in [0, 0.05) is 10.0 Å². The molecule has 0 bridgehead atoms. The summed E-state index contributed by atoms with van der Waals surface area (Å²) in [5, 5.41) is 0. The van der Waals surface area contributed by atoms with Crippen molar-refractivity contribution in [2.75, 3.05) is 0 Å². The smallest absolute Gasteiger partial charge is 0.363 e. The Morgan fingerprint density at radius 1 is 1.10 bits per heavy atom. The molecule has 1 aliphatic heterocycles. The topological polar surface area (TPSA) is 38.7 Å². The van der Waals surface area contributed by atoms with Gasteiger partial charge >= 0.3 is 5.97 Å². The van der Waals surface area contributed by atoms with Crippen LogP contribution in [0.3, 0.4) is 0 Å². The lowest BCUT2D eigenvalue weighted by Crippen LogP contribution is -2.05. The number of hydrogen-bond acceptors (Lipinski definition) is 3. The Labute approximate surface area is 128 Å². The zero-order valence-corrected chi connectivity index (χ0v) is 12.3. The summed E-state index contributed by atoms with van der Waals surface area (Å²) in [4.78, 5) is 16.0. The minimum absolute atomic E-state index is 0.0749. The molecule has 1 aliphatic rings. The van der Waals surface area contributed by atoms with E-state index in [1.54, 1.807) is 24.3 Å². The maximum atomic E-state index is 13.6.